The van der Waals surface area contributed by atoms with Crippen LogP contribution in [0.3, 0.4) is 0 Å². The number of halogens is 3. The number of nitrogen functional groups attached to an aromatic ring is 1. The number of morpholine rings is 1. The molecule has 0 aromatic carbocycles. The molecule has 4 heterocycles. The summed E-state index contributed by atoms with van der Waals surface area (Å²) in [6.45, 7) is 5.88. The van der Waals surface area contributed by atoms with Gasteiger partial charge in [0, 0.05) is 36.3 Å². The lowest BCUT2D eigenvalue weighted by Crippen LogP contribution is -2.37. The predicted molar refractivity (Wildman–Crippen MR) is 122 cm³/mol. The molecule has 0 spiro atoms. The van der Waals surface area contributed by atoms with Gasteiger partial charge in [-0.2, -0.15) is 18.2 Å². The number of ether oxygens (including phenoxy) is 1. The molecule has 0 unspecified atom stereocenters. The third kappa shape index (κ3) is 5.22. The Morgan fingerprint density at radius 2 is 1.97 bits per heavy atom. The Morgan fingerprint density at radius 1 is 1.21 bits per heavy atom. The molecule has 0 bridgehead atoms. The van der Waals surface area contributed by atoms with Crippen molar-refractivity contribution in [2.75, 3.05) is 42.3 Å². The van der Waals surface area contributed by atoms with Gasteiger partial charge in [0.2, 0.25) is 5.95 Å². The van der Waals surface area contributed by atoms with Gasteiger partial charge in [0.25, 0.3) is 0 Å². The minimum atomic E-state index is -4.63. The molecule has 4 rings (SSSR count). The number of hydrogen-bond donors (Lipinski definition) is 2. The Kier molecular flexibility index (Phi) is 6.47. The molecule has 3 aromatic rings. The van der Waals surface area contributed by atoms with Crippen LogP contribution in [-0.2, 0) is 10.9 Å². The van der Waals surface area contributed by atoms with Crippen molar-refractivity contribution in [2.45, 2.75) is 20.0 Å². The molecule has 0 aliphatic carbocycles. The van der Waals surface area contributed by atoms with Crippen LogP contribution in [0.5, 0.6) is 0 Å². The summed E-state index contributed by atoms with van der Waals surface area (Å²) < 4.78 is 46.6. The lowest BCUT2D eigenvalue weighted by atomic mass is 10.1. The summed E-state index contributed by atoms with van der Waals surface area (Å²) >= 11 is 1.37. The Morgan fingerprint density at radius 3 is 2.67 bits per heavy atom. The van der Waals surface area contributed by atoms with Crippen molar-refractivity contribution in [1.29, 1.82) is 0 Å². The first-order valence-corrected chi connectivity index (χ1v) is 11.0. The van der Waals surface area contributed by atoms with Gasteiger partial charge in [-0.3, -0.25) is 0 Å². The van der Waals surface area contributed by atoms with Crippen molar-refractivity contribution in [2.24, 2.45) is 0 Å². The number of alkyl halides is 3. The van der Waals surface area contributed by atoms with Gasteiger partial charge >= 0.3 is 6.18 Å². The zero-order valence-corrected chi connectivity index (χ0v) is 18.8. The van der Waals surface area contributed by atoms with Crippen LogP contribution < -0.4 is 16.0 Å². The van der Waals surface area contributed by atoms with Gasteiger partial charge in [-0.15, -0.1) is 11.3 Å². The maximum atomic E-state index is 13.7. The van der Waals surface area contributed by atoms with Crippen molar-refractivity contribution in [3.05, 3.63) is 41.0 Å². The first-order chi connectivity index (χ1) is 15.7. The standard InChI is InChI=1S/C21H22F3N7OS/c1-3-12(2)16-11-33-20(28-16)30-18-9-15(27-19(29-18)31-4-6-32-7-5-31)13-10-26-17(25)8-14(13)21(22,23)24/h3,8-11H,4-7H2,1-2H3,(H2,25,26)(H,27,28,29,30)/b12-3+. The van der Waals surface area contributed by atoms with Crippen LogP contribution in [0.15, 0.2) is 29.8 Å². The van der Waals surface area contributed by atoms with Gasteiger partial charge < -0.3 is 20.7 Å². The molecule has 3 N–H and O–H groups in total. The summed E-state index contributed by atoms with van der Waals surface area (Å²) in [6, 6.07) is 2.27. The van der Waals surface area contributed by atoms with E-state index in [0.29, 0.717) is 43.2 Å². The summed E-state index contributed by atoms with van der Waals surface area (Å²) in [4.78, 5) is 19.2. The Labute approximate surface area is 192 Å². The first kappa shape index (κ1) is 22.9. The number of nitrogens with two attached hydrogens (primary N) is 1. The normalized spacial score (nSPS) is 15.1. The molecule has 1 aliphatic heterocycles. The number of nitrogens with zero attached hydrogens (tertiary/aromatic N) is 5. The number of thiazole rings is 1. The molecule has 33 heavy (non-hydrogen) atoms. The molecular weight excluding hydrogens is 455 g/mol. The topological polar surface area (TPSA) is 102 Å². The molecule has 0 atom stereocenters. The number of nitrogens with one attached hydrogen (secondary N) is 1. The van der Waals surface area contributed by atoms with E-state index in [1.165, 1.54) is 17.4 Å². The van der Waals surface area contributed by atoms with E-state index >= 15 is 0 Å². The van der Waals surface area contributed by atoms with Gasteiger partial charge in [0.1, 0.15) is 11.6 Å². The lowest BCUT2D eigenvalue weighted by Gasteiger charge is -2.27. The van der Waals surface area contributed by atoms with Crippen molar-refractivity contribution in [3.8, 4) is 11.3 Å². The summed E-state index contributed by atoms with van der Waals surface area (Å²) in [5.41, 5.74) is 6.35. The number of anilines is 4. The van der Waals surface area contributed by atoms with E-state index in [2.05, 4.69) is 25.3 Å². The van der Waals surface area contributed by atoms with Gasteiger partial charge in [-0.1, -0.05) is 6.08 Å². The molecule has 8 nitrogen and oxygen atoms in total. The van der Waals surface area contributed by atoms with Crippen molar-refractivity contribution >= 4 is 39.6 Å². The fourth-order valence-corrected chi connectivity index (χ4v) is 4.00. The first-order valence-electron chi connectivity index (χ1n) is 10.2. The highest BCUT2D eigenvalue weighted by Gasteiger charge is 2.35. The molecule has 12 heteroatoms. The number of pyridine rings is 1. The average molecular weight is 478 g/mol. The molecule has 0 radical (unpaired) electrons. The van der Waals surface area contributed by atoms with E-state index in [1.807, 2.05) is 30.2 Å². The maximum Gasteiger partial charge on any atom is 0.417 e. The third-order valence-electron chi connectivity index (χ3n) is 5.09. The summed E-state index contributed by atoms with van der Waals surface area (Å²) in [7, 11) is 0. The summed E-state index contributed by atoms with van der Waals surface area (Å²) in [5.74, 6) is 0.400. The highest BCUT2D eigenvalue weighted by atomic mass is 32.1. The number of allylic oxidation sites excluding steroid dienone is 2. The van der Waals surface area contributed by atoms with E-state index in [1.54, 1.807) is 0 Å². The zero-order chi connectivity index (χ0) is 23.6. The van der Waals surface area contributed by atoms with E-state index < -0.39 is 11.7 Å². The van der Waals surface area contributed by atoms with Gasteiger partial charge in [0.05, 0.1) is 30.2 Å². The van der Waals surface area contributed by atoms with Gasteiger partial charge in [-0.25, -0.2) is 15.0 Å². The van der Waals surface area contributed by atoms with Crippen molar-refractivity contribution in [3.63, 3.8) is 0 Å². The molecule has 0 amide bonds. The van der Waals surface area contributed by atoms with Crippen LogP contribution in [0.2, 0.25) is 0 Å². The monoisotopic (exact) mass is 477 g/mol. The van der Waals surface area contributed by atoms with Crippen molar-refractivity contribution < 1.29 is 17.9 Å². The van der Waals surface area contributed by atoms with Gasteiger partial charge in [0.15, 0.2) is 5.13 Å². The smallest absolute Gasteiger partial charge is 0.384 e. The van der Waals surface area contributed by atoms with Crippen LogP contribution in [0.25, 0.3) is 16.8 Å². The van der Waals surface area contributed by atoms with E-state index in [0.717, 1.165) is 23.5 Å². The number of aromatic nitrogens is 4. The Bertz CT molecular complexity index is 1170. The minimum Gasteiger partial charge on any atom is -0.384 e. The molecular formula is C21H22F3N7OS. The average Bonchev–Trinajstić information content (AvgIpc) is 3.26. The second-order valence-electron chi connectivity index (χ2n) is 7.32. The van der Waals surface area contributed by atoms with Crippen LogP contribution in [0, 0.1) is 0 Å². The fraction of sp³-hybridized carbons (Fsp3) is 0.333. The van der Waals surface area contributed by atoms with Crippen LogP contribution in [0.4, 0.5) is 35.9 Å². The SMILES string of the molecule is C/C=C(\C)c1csc(Nc2cc(-c3cnc(N)cc3C(F)(F)F)nc(N3CCOCC3)n2)n1. The van der Waals surface area contributed by atoms with Crippen LogP contribution in [0.1, 0.15) is 25.1 Å². The maximum absolute atomic E-state index is 13.7. The predicted octanol–water partition coefficient (Wildman–Crippen LogP) is 4.60. The molecule has 3 aromatic heterocycles. The highest BCUT2D eigenvalue weighted by Crippen LogP contribution is 2.38. The lowest BCUT2D eigenvalue weighted by molar-refractivity contribution is -0.137. The van der Waals surface area contributed by atoms with Crippen molar-refractivity contribution in [1.82, 2.24) is 19.9 Å². The molecule has 1 aliphatic rings. The van der Waals surface area contributed by atoms with Gasteiger partial charge in [-0.05, 0) is 25.5 Å². The molecule has 1 fully saturated rings. The number of hydrogen-bond acceptors (Lipinski definition) is 9. The molecule has 1 saturated heterocycles. The minimum absolute atomic E-state index is 0.0789. The second kappa shape index (κ2) is 9.32. The highest BCUT2D eigenvalue weighted by molar-refractivity contribution is 7.13. The molecule has 0 saturated carbocycles. The fourth-order valence-electron chi connectivity index (χ4n) is 3.22. The Hall–Kier alpha value is -3.25. The Balaban J connectivity index is 1.78. The summed E-state index contributed by atoms with van der Waals surface area (Å²) in [5, 5.41) is 5.57. The second-order valence-corrected chi connectivity index (χ2v) is 8.18. The van der Waals surface area contributed by atoms with E-state index in [4.69, 9.17) is 10.5 Å². The summed E-state index contributed by atoms with van der Waals surface area (Å²) in [6.07, 6.45) is -1.59. The van der Waals surface area contributed by atoms with Crippen LogP contribution >= 0.6 is 11.3 Å². The zero-order valence-electron chi connectivity index (χ0n) is 18.0. The quantitative estimate of drug-likeness (QED) is 0.550. The van der Waals surface area contributed by atoms with E-state index in [-0.39, 0.29) is 17.1 Å². The third-order valence-corrected chi connectivity index (χ3v) is 5.85. The number of rotatable bonds is 5. The largest absolute Gasteiger partial charge is 0.417 e. The van der Waals surface area contributed by atoms with Crippen LogP contribution in [-0.4, -0.2) is 46.2 Å². The molecule has 174 valence electrons. The van der Waals surface area contributed by atoms with E-state index in [9.17, 15) is 13.2 Å².